The van der Waals surface area contributed by atoms with Crippen LogP contribution in [0.25, 0.3) is 0 Å². The molecular formula is C15H14F3NO2. The van der Waals surface area contributed by atoms with Gasteiger partial charge in [0.25, 0.3) is 0 Å². The van der Waals surface area contributed by atoms with Gasteiger partial charge >= 0.3 is 6.18 Å². The van der Waals surface area contributed by atoms with Gasteiger partial charge < -0.3 is 15.2 Å². The first-order valence-electron chi connectivity index (χ1n) is 6.18. The molecule has 2 aromatic rings. The Morgan fingerprint density at radius 3 is 2.52 bits per heavy atom. The number of alkyl halides is 3. The third-order valence-electron chi connectivity index (χ3n) is 2.96. The number of hydrogen-bond acceptors (Lipinski definition) is 3. The molecule has 0 bridgehead atoms. The zero-order valence-corrected chi connectivity index (χ0v) is 11.2. The van der Waals surface area contributed by atoms with Crippen LogP contribution in [0.1, 0.15) is 11.1 Å². The van der Waals surface area contributed by atoms with Gasteiger partial charge in [-0.25, -0.2) is 0 Å². The van der Waals surface area contributed by atoms with Gasteiger partial charge in [0.05, 0.1) is 12.7 Å². The summed E-state index contributed by atoms with van der Waals surface area (Å²) in [7, 11) is 1.41. The third kappa shape index (κ3) is 3.59. The lowest BCUT2D eigenvalue weighted by Gasteiger charge is -2.14. The van der Waals surface area contributed by atoms with Crippen LogP contribution in [0, 0.1) is 0 Å². The lowest BCUT2D eigenvalue weighted by molar-refractivity contribution is -0.136. The van der Waals surface area contributed by atoms with Crippen LogP contribution in [0.5, 0.6) is 11.5 Å². The van der Waals surface area contributed by atoms with E-state index in [0.29, 0.717) is 5.56 Å². The largest absolute Gasteiger partial charge is 0.504 e. The molecule has 6 heteroatoms. The number of anilines is 1. The van der Waals surface area contributed by atoms with E-state index >= 15 is 0 Å². The maximum Gasteiger partial charge on any atom is 0.418 e. The van der Waals surface area contributed by atoms with E-state index in [1.54, 1.807) is 12.1 Å². The van der Waals surface area contributed by atoms with Crippen LogP contribution in [-0.2, 0) is 12.7 Å². The van der Waals surface area contributed by atoms with Crippen LogP contribution in [0.3, 0.4) is 0 Å². The van der Waals surface area contributed by atoms with Crippen LogP contribution in [-0.4, -0.2) is 12.2 Å². The van der Waals surface area contributed by atoms with Gasteiger partial charge in [-0.05, 0) is 29.8 Å². The quantitative estimate of drug-likeness (QED) is 0.895. The molecule has 2 N–H and O–H groups in total. The number of hydrogen-bond donors (Lipinski definition) is 2. The summed E-state index contributed by atoms with van der Waals surface area (Å²) in [5.41, 5.74) is -0.00517. The summed E-state index contributed by atoms with van der Waals surface area (Å²) in [6.45, 7) is 0.184. The van der Waals surface area contributed by atoms with Gasteiger partial charge in [-0.15, -0.1) is 0 Å². The van der Waals surface area contributed by atoms with E-state index in [4.69, 9.17) is 4.74 Å². The standard InChI is InChI=1S/C15H14F3NO2/c1-21-14-8-10(6-7-13(14)20)9-19-12-5-3-2-4-11(12)15(16,17)18/h2-8,19-20H,9H2,1H3. The minimum atomic E-state index is -4.41. The smallest absolute Gasteiger partial charge is 0.418 e. The molecule has 0 atom stereocenters. The summed E-state index contributed by atoms with van der Waals surface area (Å²) in [6.07, 6.45) is -4.41. The molecule has 0 aliphatic carbocycles. The first kappa shape index (κ1) is 15.0. The predicted molar refractivity (Wildman–Crippen MR) is 73.4 cm³/mol. The van der Waals surface area contributed by atoms with E-state index in [1.807, 2.05) is 0 Å². The highest BCUT2D eigenvalue weighted by Gasteiger charge is 2.32. The molecule has 0 heterocycles. The average molecular weight is 297 g/mol. The number of nitrogens with one attached hydrogen (secondary N) is 1. The fraction of sp³-hybridized carbons (Fsp3) is 0.200. The molecule has 3 nitrogen and oxygen atoms in total. The van der Waals surface area contributed by atoms with Crippen LogP contribution < -0.4 is 10.1 Å². The maximum absolute atomic E-state index is 12.9. The topological polar surface area (TPSA) is 41.5 Å². The number of para-hydroxylation sites is 1. The molecule has 0 radical (unpaired) electrons. The first-order chi connectivity index (χ1) is 9.91. The minimum absolute atomic E-state index is 0.0111. The highest BCUT2D eigenvalue weighted by atomic mass is 19.4. The molecule has 2 aromatic carbocycles. The Morgan fingerprint density at radius 1 is 1.14 bits per heavy atom. The number of phenols is 1. The van der Waals surface area contributed by atoms with Crippen molar-refractivity contribution in [1.29, 1.82) is 0 Å². The Bertz CT molecular complexity index is 627. The SMILES string of the molecule is COc1cc(CNc2ccccc2C(F)(F)F)ccc1O. The third-order valence-corrected chi connectivity index (χ3v) is 2.96. The number of aromatic hydroxyl groups is 1. The highest BCUT2D eigenvalue weighted by Crippen LogP contribution is 2.35. The molecule has 0 saturated carbocycles. The van der Waals surface area contributed by atoms with Gasteiger partial charge in [0.15, 0.2) is 11.5 Å². The van der Waals surface area contributed by atoms with Gasteiger partial charge in [0, 0.05) is 12.2 Å². The molecule has 2 rings (SSSR count). The van der Waals surface area contributed by atoms with Crippen LogP contribution in [0.15, 0.2) is 42.5 Å². The van der Waals surface area contributed by atoms with Crippen molar-refractivity contribution < 1.29 is 23.0 Å². The fourth-order valence-corrected chi connectivity index (χ4v) is 1.91. The zero-order valence-electron chi connectivity index (χ0n) is 11.2. The molecule has 0 amide bonds. The second-order valence-corrected chi connectivity index (χ2v) is 4.40. The Balaban J connectivity index is 2.17. The monoisotopic (exact) mass is 297 g/mol. The average Bonchev–Trinajstić information content (AvgIpc) is 2.45. The summed E-state index contributed by atoms with van der Waals surface area (Å²) < 4.78 is 43.5. The summed E-state index contributed by atoms with van der Waals surface area (Å²) in [4.78, 5) is 0. The van der Waals surface area contributed by atoms with Crippen molar-refractivity contribution in [3.63, 3.8) is 0 Å². The van der Waals surface area contributed by atoms with Crippen LogP contribution in [0.4, 0.5) is 18.9 Å². The molecule has 112 valence electrons. The molecule has 0 saturated heterocycles. The molecule has 0 aliphatic heterocycles. The summed E-state index contributed by atoms with van der Waals surface area (Å²) in [6, 6.07) is 9.90. The first-order valence-corrected chi connectivity index (χ1v) is 6.18. The molecule has 0 spiro atoms. The van der Waals surface area contributed by atoms with Gasteiger partial charge in [-0.2, -0.15) is 13.2 Å². The van der Waals surface area contributed by atoms with E-state index < -0.39 is 11.7 Å². The van der Waals surface area contributed by atoms with Crippen molar-refractivity contribution in [2.75, 3.05) is 12.4 Å². The normalized spacial score (nSPS) is 11.2. The van der Waals surface area contributed by atoms with E-state index in [1.165, 1.54) is 31.4 Å². The highest BCUT2D eigenvalue weighted by molar-refractivity contribution is 5.53. The van der Waals surface area contributed by atoms with Crippen molar-refractivity contribution >= 4 is 5.69 Å². The van der Waals surface area contributed by atoms with Crippen molar-refractivity contribution in [2.45, 2.75) is 12.7 Å². The lowest BCUT2D eigenvalue weighted by atomic mass is 10.1. The van der Waals surface area contributed by atoms with Crippen molar-refractivity contribution in [2.24, 2.45) is 0 Å². The van der Waals surface area contributed by atoms with Gasteiger partial charge in [-0.1, -0.05) is 18.2 Å². The number of ether oxygens (including phenoxy) is 1. The lowest BCUT2D eigenvalue weighted by Crippen LogP contribution is -2.10. The summed E-state index contributed by atoms with van der Waals surface area (Å²) >= 11 is 0. The fourth-order valence-electron chi connectivity index (χ4n) is 1.91. The summed E-state index contributed by atoms with van der Waals surface area (Å²) in [5.74, 6) is 0.260. The van der Waals surface area contributed by atoms with E-state index in [9.17, 15) is 18.3 Å². The van der Waals surface area contributed by atoms with Crippen molar-refractivity contribution in [3.8, 4) is 11.5 Å². The molecule has 21 heavy (non-hydrogen) atoms. The Kier molecular flexibility index (Phi) is 4.26. The molecule has 0 fully saturated rings. The molecule has 0 unspecified atom stereocenters. The second kappa shape index (κ2) is 5.95. The van der Waals surface area contributed by atoms with E-state index in [-0.39, 0.29) is 23.7 Å². The van der Waals surface area contributed by atoms with E-state index in [0.717, 1.165) is 6.07 Å². The number of phenolic OH excluding ortho intramolecular Hbond substituents is 1. The minimum Gasteiger partial charge on any atom is -0.504 e. The summed E-state index contributed by atoms with van der Waals surface area (Å²) in [5, 5.41) is 12.2. The second-order valence-electron chi connectivity index (χ2n) is 4.40. The Morgan fingerprint density at radius 2 is 1.86 bits per heavy atom. The number of rotatable bonds is 4. The predicted octanol–water partition coefficient (Wildman–Crippen LogP) is 4.03. The molecule has 0 aliphatic rings. The van der Waals surface area contributed by atoms with Crippen molar-refractivity contribution in [1.82, 2.24) is 0 Å². The number of methoxy groups -OCH3 is 1. The maximum atomic E-state index is 12.9. The molecule has 0 aromatic heterocycles. The van der Waals surface area contributed by atoms with E-state index in [2.05, 4.69) is 5.32 Å². The molecular weight excluding hydrogens is 283 g/mol. The Labute approximate surface area is 120 Å². The zero-order chi connectivity index (χ0) is 15.5. The van der Waals surface area contributed by atoms with Crippen LogP contribution in [0.2, 0.25) is 0 Å². The van der Waals surface area contributed by atoms with Gasteiger partial charge in [-0.3, -0.25) is 0 Å². The number of halogens is 3. The Hall–Kier alpha value is -2.37. The van der Waals surface area contributed by atoms with Gasteiger partial charge in [0.1, 0.15) is 0 Å². The van der Waals surface area contributed by atoms with Crippen LogP contribution >= 0.6 is 0 Å². The van der Waals surface area contributed by atoms with Crippen molar-refractivity contribution in [3.05, 3.63) is 53.6 Å². The van der Waals surface area contributed by atoms with Gasteiger partial charge in [0.2, 0.25) is 0 Å². The number of benzene rings is 2.